The first-order valence-electron chi connectivity index (χ1n) is 6.13. The summed E-state index contributed by atoms with van der Waals surface area (Å²) < 4.78 is 54.0. The zero-order valence-electron chi connectivity index (χ0n) is 11.7. The monoisotopic (exact) mass is 307 g/mol. The second-order valence-corrected chi connectivity index (χ2v) is 6.49. The molecule has 20 heavy (non-hydrogen) atoms. The summed E-state index contributed by atoms with van der Waals surface area (Å²) in [6, 6.07) is 4.34. The Bertz CT molecular complexity index is 567. The second-order valence-electron chi connectivity index (χ2n) is 4.96. The molecule has 0 saturated heterocycles. The number of methoxy groups -OCH3 is 1. The van der Waals surface area contributed by atoms with E-state index in [0.29, 0.717) is 11.3 Å². The minimum absolute atomic E-state index is 0.0507. The lowest BCUT2D eigenvalue weighted by Gasteiger charge is -2.18. The van der Waals surface area contributed by atoms with E-state index in [1.807, 2.05) is 0 Å². The molecule has 4 nitrogen and oxygen atoms in total. The third-order valence-electron chi connectivity index (χ3n) is 3.07. The Kier molecular flexibility index (Phi) is 5.10. The SMILES string of the molecule is COc1ccc(S(N)(=O)=O)c(C(C)CCC(C)(F)F)c1. The average Bonchev–Trinajstić information content (AvgIpc) is 2.33. The van der Waals surface area contributed by atoms with Crippen molar-refractivity contribution in [3.8, 4) is 5.75 Å². The Labute approximate surface area is 118 Å². The lowest BCUT2D eigenvalue weighted by Crippen LogP contribution is -2.17. The molecule has 7 heteroatoms. The van der Waals surface area contributed by atoms with Crippen molar-refractivity contribution in [1.29, 1.82) is 0 Å². The van der Waals surface area contributed by atoms with Gasteiger partial charge in [-0.15, -0.1) is 0 Å². The molecule has 0 aliphatic rings. The van der Waals surface area contributed by atoms with Gasteiger partial charge in [-0.25, -0.2) is 22.3 Å². The maximum atomic E-state index is 12.9. The molecule has 0 aliphatic carbocycles. The summed E-state index contributed by atoms with van der Waals surface area (Å²) in [6.45, 7) is 2.53. The maximum Gasteiger partial charge on any atom is 0.245 e. The van der Waals surface area contributed by atoms with Gasteiger partial charge in [0.1, 0.15) is 5.75 Å². The van der Waals surface area contributed by atoms with Crippen LogP contribution in [0.1, 0.15) is 38.2 Å². The molecule has 0 bridgehead atoms. The van der Waals surface area contributed by atoms with Crippen molar-refractivity contribution in [3.05, 3.63) is 23.8 Å². The Morgan fingerprint density at radius 2 is 2.00 bits per heavy atom. The van der Waals surface area contributed by atoms with E-state index in [0.717, 1.165) is 6.92 Å². The van der Waals surface area contributed by atoms with Gasteiger partial charge in [0.05, 0.1) is 12.0 Å². The van der Waals surface area contributed by atoms with Crippen LogP contribution in [0.2, 0.25) is 0 Å². The average molecular weight is 307 g/mol. The van der Waals surface area contributed by atoms with Crippen molar-refractivity contribution in [2.45, 2.75) is 43.4 Å². The van der Waals surface area contributed by atoms with Crippen LogP contribution in [0.15, 0.2) is 23.1 Å². The number of benzene rings is 1. The number of nitrogens with two attached hydrogens (primary N) is 1. The summed E-state index contributed by atoms with van der Waals surface area (Å²) in [4.78, 5) is -0.0507. The van der Waals surface area contributed by atoms with Gasteiger partial charge >= 0.3 is 0 Å². The number of rotatable bonds is 6. The molecule has 0 heterocycles. The fourth-order valence-electron chi connectivity index (χ4n) is 1.92. The molecule has 0 saturated carbocycles. The fraction of sp³-hybridized carbons (Fsp3) is 0.538. The zero-order valence-corrected chi connectivity index (χ0v) is 12.5. The molecular formula is C13H19F2NO3S. The molecule has 1 aromatic carbocycles. The quantitative estimate of drug-likeness (QED) is 0.878. The Hall–Kier alpha value is -1.21. The third kappa shape index (κ3) is 4.72. The van der Waals surface area contributed by atoms with Gasteiger partial charge in [0, 0.05) is 6.42 Å². The van der Waals surface area contributed by atoms with Crippen molar-refractivity contribution < 1.29 is 21.9 Å². The Morgan fingerprint density at radius 3 is 2.45 bits per heavy atom. The molecule has 1 rings (SSSR count). The van der Waals surface area contributed by atoms with Gasteiger partial charge in [-0.2, -0.15) is 0 Å². The van der Waals surface area contributed by atoms with E-state index in [2.05, 4.69) is 0 Å². The van der Waals surface area contributed by atoms with Gasteiger partial charge in [0.15, 0.2) is 0 Å². The van der Waals surface area contributed by atoms with Crippen LogP contribution in [0, 0.1) is 0 Å². The molecule has 114 valence electrons. The number of alkyl halides is 2. The van der Waals surface area contributed by atoms with E-state index >= 15 is 0 Å². The number of ether oxygens (including phenoxy) is 1. The van der Waals surface area contributed by atoms with Gasteiger partial charge in [0.25, 0.3) is 0 Å². The van der Waals surface area contributed by atoms with Gasteiger partial charge in [-0.1, -0.05) is 6.92 Å². The van der Waals surface area contributed by atoms with Crippen LogP contribution in [0.25, 0.3) is 0 Å². The molecule has 0 aromatic heterocycles. The Morgan fingerprint density at radius 1 is 1.40 bits per heavy atom. The summed E-state index contributed by atoms with van der Waals surface area (Å²) in [7, 11) is -2.46. The van der Waals surface area contributed by atoms with Crippen molar-refractivity contribution in [3.63, 3.8) is 0 Å². The number of hydrogen-bond acceptors (Lipinski definition) is 3. The molecule has 0 fully saturated rings. The minimum Gasteiger partial charge on any atom is -0.497 e. The number of primary sulfonamides is 1. The normalized spacial score (nSPS) is 14.1. The van der Waals surface area contributed by atoms with E-state index in [-0.39, 0.29) is 23.7 Å². The lowest BCUT2D eigenvalue weighted by molar-refractivity contribution is 0.00945. The first-order valence-corrected chi connectivity index (χ1v) is 7.68. The largest absolute Gasteiger partial charge is 0.497 e. The van der Waals surface area contributed by atoms with E-state index in [1.54, 1.807) is 6.92 Å². The van der Waals surface area contributed by atoms with Crippen LogP contribution < -0.4 is 9.88 Å². The van der Waals surface area contributed by atoms with E-state index in [9.17, 15) is 17.2 Å². The first-order chi connectivity index (χ1) is 9.04. The summed E-state index contributed by atoms with van der Waals surface area (Å²) in [6.07, 6.45) is -0.172. The zero-order chi connectivity index (χ0) is 15.6. The topological polar surface area (TPSA) is 69.4 Å². The highest BCUT2D eigenvalue weighted by atomic mass is 32.2. The van der Waals surface area contributed by atoms with Crippen LogP contribution in [0.5, 0.6) is 5.75 Å². The van der Waals surface area contributed by atoms with Crippen LogP contribution >= 0.6 is 0 Å². The van der Waals surface area contributed by atoms with E-state index in [4.69, 9.17) is 9.88 Å². The number of halogens is 2. The van der Waals surface area contributed by atoms with Gasteiger partial charge in [-0.05, 0) is 43.0 Å². The molecular weight excluding hydrogens is 288 g/mol. The summed E-state index contributed by atoms with van der Waals surface area (Å²) in [5.74, 6) is -2.69. The molecule has 1 aromatic rings. The molecule has 2 N–H and O–H groups in total. The number of sulfonamides is 1. The molecule has 1 atom stereocenters. The van der Waals surface area contributed by atoms with Gasteiger partial charge in [0.2, 0.25) is 15.9 Å². The minimum atomic E-state index is -3.90. The fourth-order valence-corrected chi connectivity index (χ4v) is 2.77. The molecule has 1 unspecified atom stereocenters. The van der Waals surface area contributed by atoms with Crippen molar-refractivity contribution >= 4 is 10.0 Å². The highest BCUT2D eigenvalue weighted by Gasteiger charge is 2.25. The van der Waals surface area contributed by atoms with Gasteiger partial charge in [-0.3, -0.25) is 0 Å². The lowest BCUT2D eigenvalue weighted by atomic mass is 9.94. The number of hydrogen-bond donors (Lipinski definition) is 1. The Balaban J connectivity index is 3.13. The second kappa shape index (κ2) is 6.05. The summed E-state index contributed by atoms with van der Waals surface area (Å²) in [5, 5.41) is 5.15. The predicted molar refractivity (Wildman–Crippen MR) is 72.6 cm³/mol. The summed E-state index contributed by atoms with van der Waals surface area (Å²) >= 11 is 0. The molecule has 0 radical (unpaired) electrons. The molecule has 0 spiro atoms. The van der Waals surface area contributed by atoms with Crippen LogP contribution in [0.4, 0.5) is 8.78 Å². The van der Waals surface area contributed by atoms with Crippen LogP contribution in [-0.2, 0) is 10.0 Å². The maximum absolute atomic E-state index is 12.9. The highest BCUT2D eigenvalue weighted by molar-refractivity contribution is 7.89. The van der Waals surface area contributed by atoms with Crippen LogP contribution in [-0.4, -0.2) is 21.5 Å². The first kappa shape index (κ1) is 16.8. The van der Waals surface area contributed by atoms with Crippen molar-refractivity contribution in [2.75, 3.05) is 7.11 Å². The summed E-state index contributed by atoms with van der Waals surface area (Å²) in [5.41, 5.74) is 0.399. The van der Waals surface area contributed by atoms with Crippen LogP contribution in [0.3, 0.4) is 0 Å². The van der Waals surface area contributed by atoms with Gasteiger partial charge < -0.3 is 4.74 Å². The molecule has 0 aliphatic heterocycles. The third-order valence-corrected chi connectivity index (χ3v) is 4.06. The predicted octanol–water partition coefficient (Wildman–Crippen LogP) is 2.88. The molecule has 0 amide bonds. The van der Waals surface area contributed by atoms with E-state index < -0.39 is 15.9 Å². The van der Waals surface area contributed by atoms with E-state index in [1.165, 1.54) is 25.3 Å². The van der Waals surface area contributed by atoms with Crippen molar-refractivity contribution in [2.24, 2.45) is 5.14 Å². The highest BCUT2D eigenvalue weighted by Crippen LogP contribution is 2.32. The smallest absolute Gasteiger partial charge is 0.245 e. The standard InChI is InChI=1S/C13H19F2NO3S/c1-9(6-7-13(2,14)15)11-8-10(19-3)4-5-12(11)20(16,17)18/h4-5,8-9H,6-7H2,1-3H3,(H2,16,17,18). The van der Waals surface area contributed by atoms with Crippen molar-refractivity contribution in [1.82, 2.24) is 0 Å².